The molecule has 0 saturated carbocycles. The average Bonchev–Trinajstić information content (AvgIpc) is 2.51. The first-order chi connectivity index (χ1) is 10.8. The van der Waals surface area contributed by atoms with Crippen molar-refractivity contribution in [2.75, 3.05) is 6.54 Å². The van der Waals surface area contributed by atoms with E-state index in [0.717, 1.165) is 0 Å². The third kappa shape index (κ3) is 5.73. The molecule has 1 aromatic carbocycles. The number of amides is 2. The van der Waals surface area contributed by atoms with Gasteiger partial charge >= 0.3 is 5.97 Å². The quantitative estimate of drug-likeness (QED) is 0.695. The monoisotopic (exact) mass is 360 g/mol. The molecule has 0 fully saturated rings. The Morgan fingerprint density at radius 3 is 2.39 bits per heavy atom. The van der Waals surface area contributed by atoms with Crippen molar-refractivity contribution in [3.05, 3.63) is 33.8 Å². The highest BCUT2D eigenvalue weighted by atomic mass is 35.5. The van der Waals surface area contributed by atoms with E-state index in [1.165, 1.54) is 18.2 Å². The van der Waals surface area contributed by atoms with Crippen LogP contribution in [0, 0.1) is 5.92 Å². The molecule has 0 bridgehead atoms. The van der Waals surface area contributed by atoms with E-state index >= 15 is 0 Å². The maximum Gasteiger partial charge on any atom is 0.326 e. The standard InChI is InChI=1S/C15H18Cl2N2O4/c1-3-8(2)13(15(22)23)19-12(20)7-18-14(21)9-4-5-10(16)11(17)6-9/h4-6,8,13H,3,7H2,1-2H3,(H,18,21)(H,19,20)(H,22,23)/t8-,13-/m0/s1. The number of hydrogen-bond donors (Lipinski definition) is 3. The fourth-order valence-electron chi connectivity index (χ4n) is 1.81. The zero-order valence-corrected chi connectivity index (χ0v) is 14.2. The van der Waals surface area contributed by atoms with E-state index in [9.17, 15) is 14.4 Å². The van der Waals surface area contributed by atoms with Crippen molar-refractivity contribution in [3.63, 3.8) is 0 Å². The van der Waals surface area contributed by atoms with Crippen LogP contribution in [0.3, 0.4) is 0 Å². The number of aliphatic carboxylic acids is 1. The van der Waals surface area contributed by atoms with Gasteiger partial charge in [-0.25, -0.2) is 4.79 Å². The number of carboxylic acid groups (broad SMARTS) is 1. The third-order valence-electron chi connectivity index (χ3n) is 3.39. The summed E-state index contributed by atoms with van der Waals surface area (Å²) in [7, 11) is 0. The normalized spacial score (nSPS) is 13.0. The molecule has 0 aromatic heterocycles. The van der Waals surface area contributed by atoms with Crippen LogP contribution in [0.1, 0.15) is 30.6 Å². The first-order valence-corrected chi connectivity index (χ1v) is 7.77. The van der Waals surface area contributed by atoms with Gasteiger partial charge in [-0.15, -0.1) is 0 Å². The largest absolute Gasteiger partial charge is 0.480 e. The minimum absolute atomic E-state index is 0.220. The van der Waals surface area contributed by atoms with Crippen molar-refractivity contribution in [2.45, 2.75) is 26.3 Å². The first-order valence-electron chi connectivity index (χ1n) is 7.01. The maximum atomic E-state index is 11.9. The van der Waals surface area contributed by atoms with Gasteiger partial charge in [-0.3, -0.25) is 9.59 Å². The van der Waals surface area contributed by atoms with Crippen LogP contribution in [0.25, 0.3) is 0 Å². The number of hydrogen-bond acceptors (Lipinski definition) is 3. The first kappa shape index (κ1) is 19.3. The minimum Gasteiger partial charge on any atom is -0.480 e. The summed E-state index contributed by atoms with van der Waals surface area (Å²) in [6, 6.07) is 3.34. The van der Waals surface area contributed by atoms with Gasteiger partial charge in [0.05, 0.1) is 16.6 Å². The maximum absolute atomic E-state index is 11.9. The summed E-state index contributed by atoms with van der Waals surface area (Å²) < 4.78 is 0. The predicted octanol–water partition coefficient (Wildman–Crippen LogP) is 2.34. The summed E-state index contributed by atoms with van der Waals surface area (Å²) in [6.45, 7) is 3.23. The van der Waals surface area contributed by atoms with Crippen LogP contribution in [0.15, 0.2) is 18.2 Å². The molecule has 6 nitrogen and oxygen atoms in total. The molecule has 0 spiro atoms. The van der Waals surface area contributed by atoms with E-state index in [2.05, 4.69) is 10.6 Å². The minimum atomic E-state index is -1.11. The molecular weight excluding hydrogens is 343 g/mol. The average molecular weight is 361 g/mol. The van der Waals surface area contributed by atoms with E-state index in [1.54, 1.807) is 6.92 Å². The molecule has 0 aliphatic heterocycles. The Hall–Kier alpha value is -1.79. The second-order valence-electron chi connectivity index (χ2n) is 5.08. The molecule has 23 heavy (non-hydrogen) atoms. The van der Waals surface area contributed by atoms with Gasteiger partial charge in [0.1, 0.15) is 6.04 Å². The smallest absolute Gasteiger partial charge is 0.326 e. The van der Waals surface area contributed by atoms with Gasteiger partial charge in [0.2, 0.25) is 5.91 Å². The van der Waals surface area contributed by atoms with Crippen LogP contribution in [-0.4, -0.2) is 35.5 Å². The van der Waals surface area contributed by atoms with Crippen LogP contribution < -0.4 is 10.6 Å². The Morgan fingerprint density at radius 2 is 1.87 bits per heavy atom. The predicted molar refractivity (Wildman–Crippen MR) is 87.8 cm³/mol. The number of nitrogens with one attached hydrogen (secondary N) is 2. The highest BCUT2D eigenvalue weighted by Crippen LogP contribution is 2.22. The van der Waals surface area contributed by atoms with Gasteiger partial charge in [0.25, 0.3) is 5.91 Å². The molecule has 1 aromatic rings. The zero-order chi connectivity index (χ0) is 17.6. The van der Waals surface area contributed by atoms with Gasteiger partial charge in [-0.1, -0.05) is 43.5 Å². The molecule has 0 unspecified atom stereocenters. The lowest BCUT2D eigenvalue weighted by atomic mass is 9.99. The number of carbonyl (C=O) groups excluding carboxylic acids is 2. The van der Waals surface area contributed by atoms with Crippen LogP contribution >= 0.6 is 23.2 Å². The van der Waals surface area contributed by atoms with Gasteiger partial charge < -0.3 is 15.7 Å². The Balaban J connectivity index is 2.59. The summed E-state index contributed by atoms with van der Waals surface area (Å²) in [5.74, 6) is -2.41. The molecule has 0 heterocycles. The molecule has 126 valence electrons. The van der Waals surface area contributed by atoms with Crippen molar-refractivity contribution in [2.24, 2.45) is 5.92 Å². The number of halogens is 2. The topological polar surface area (TPSA) is 95.5 Å². The van der Waals surface area contributed by atoms with Gasteiger partial charge in [0.15, 0.2) is 0 Å². The Bertz CT molecular complexity index is 607. The third-order valence-corrected chi connectivity index (χ3v) is 4.13. The van der Waals surface area contributed by atoms with Crippen LogP contribution in [0.5, 0.6) is 0 Å². The molecule has 0 aliphatic carbocycles. The molecule has 0 radical (unpaired) electrons. The van der Waals surface area contributed by atoms with Crippen LogP contribution in [-0.2, 0) is 9.59 Å². The zero-order valence-electron chi connectivity index (χ0n) is 12.7. The summed E-state index contributed by atoms with van der Waals surface area (Å²) in [5.41, 5.74) is 0.254. The summed E-state index contributed by atoms with van der Waals surface area (Å²) in [4.78, 5) is 34.8. The Morgan fingerprint density at radius 1 is 1.22 bits per heavy atom. The van der Waals surface area contributed by atoms with Crippen molar-refractivity contribution < 1.29 is 19.5 Å². The van der Waals surface area contributed by atoms with Crippen molar-refractivity contribution in [1.82, 2.24) is 10.6 Å². The molecule has 8 heteroatoms. The SMILES string of the molecule is CC[C@H](C)[C@H](NC(=O)CNC(=O)c1ccc(Cl)c(Cl)c1)C(=O)O. The van der Waals surface area contributed by atoms with Gasteiger partial charge in [-0.05, 0) is 24.1 Å². The second kappa shape index (κ2) is 8.74. The number of carbonyl (C=O) groups is 3. The molecule has 2 atom stereocenters. The van der Waals surface area contributed by atoms with E-state index < -0.39 is 23.8 Å². The molecule has 1 rings (SSSR count). The summed E-state index contributed by atoms with van der Waals surface area (Å²) in [6.07, 6.45) is 0.604. The number of carboxylic acids is 1. The second-order valence-corrected chi connectivity index (χ2v) is 5.89. The summed E-state index contributed by atoms with van der Waals surface area (Å²) in [5, 5.41) is 14.4. The lowest BCUT2D eigenvalue weighted by Gasteiger charge is -2.20. The highest BCUT2D eigenvalue weighted by molar-refractivity contribution is 6.42. The van der Waals surface area contributed by atoms with E-state index in [-0.39, 0.29) is 23.0 Å². The van der Waals surface area contributed by atoms with Gasteiger partial charge in [-0.2, -0.15) is 0 Å². The number of benzene rings is 1. The Kier molecular flexibility index (Phi) is 7.32. The molecule has 2 amide bonds. The molecule has 3 N–H and O–H groups in total. The van der Waals surface area contributed by atoms with Crippen LogP contribution in [0.4, 0.5) is 0 Å². The van der Waals surface area contributed by atoms with Crippen molar-refractivity contribution in [3.8, 4) is 0 Å². The lowest BCUT2D eigenvalue weighted by molar-refractivity contribution is -0.143. The van der Waals surface area contributed by atoms with E-state index in [4.69, 9.17) is 28.3 Å². The highest BCUT2D eigenvalue weighted by Gasteiger charge is 2.25. The van der Waals surface area contributed by atoms with E-state index in [1.807, 2.05) is 6.92 Å². The molecule has 0 aliphatic rings. The Labute approximate surface area is 144 Å². The molecular formula is C15H18Cl2N2O4. The van der Waals surface area contributed by atoms with E-state index in [0.29, 0.717) is 11.4 Å². The summed E-state index contributed by atoms with van der Waals surface area (Å²) >= 11 is 11.6. The van der Waals surface area contributed by atoms with Gasteiger partial charge in [0, 0.05) is 5.56 Å². The lowest BCUT2D eigenvalue weighted by Crippen LogP contribution is -2.48. The fraction of sp³-hybridized carbons (Fsp3) is 0.400. The van der Waals surface area contributed by atoms with Crippen molar-refractivity contribution in [1.29, 1.82) is 0 Å². The molecule has 0 saturated heterocycles. The number of rotatable bonds is 7. The van der Waals surface area contributed by atoms with Crippen molar-refractivity contribution >= 4 is 41.0 Å². The van der Waals surface area contributed by atoms with Crippen LogP contribution in [0.2, 0.25) is 10.0 Å². The fourth-order valence-corrected chi connectivity index (χ4v) is 2.11.